The lowest BCUT2D eigenvalue weighted by atomic mass is 10.0. The van der Waals surface area contributed by atoms with Gasteiger partial charge in [0.1, 0.15) is 5.76 Å². The summed E-state index contributed by atoms with van der Waals surface area (Å²) in [6.07, 6.45) is 0. The second kappa shape index (κ2) is 7.19. The van der Waals surface area contributed by atoms with Crippen LogP contribution in [0.15, 0.2) is 21.2 Å². The Hall–Kier alpha value is -0.320. The van der Waals surface area contributed by atoms with Crippen molar-refractivity contribution in [3.63, 3.8) is 0 Å². The van der Waals surface area contributed by atoms with E-state index in [4.69, 9.17) is 9.15 Å². The molecule has 98 valence electrons. The van der Waals surface area contributed by atoms with Crippen LogP contribution in [0.4, 0.5) is 0 Å². The van der Waals surface area contributed by atoms with Crippen LogP contribution in [0.1, 0.15) is 39.5 Å². The van der Waals surface area contributed by atoms with Crippen molar-refractivity contribution in [2.24, 2.45) is 5.92 Å². The fourth-order valence-electron chi connectivity index (χ4n) is 1.64. The molecule has 17 heavy (non-hydrogen) atoms. The molecule has 1 aromatic heterocycles. The summed E-state index contributed by atoms with van der Waals surface area (Å²) >= 11 is 3.32. The summed E-state index contributed by atoms with van der Waals surface area (Å²) in [5.74, 6) is 1.47. The molecule has 4 heteroatoms. The van der Waals surface area contributed by atoms with Gasteiger partial charge in [-0.3, -0.25) is 0 Å². The van der Waals surface area contributed by atoms with E-state index >= 15 is 0 Å². The molecule has 0 aliphatic carbocycles. The van der Waals surface area contributed by atoms with Crippen molar-refractivity contribution < 1.29 is 9.15 Å². The van der Waals surface area contributed by atoms with Gasteiger partial charge < -0.3 is 14.5 Å². The van der Waals surface area contributed by atoms with Gasteiger partial charge >= 0.3 is 0 Å². The summed E-state index contributed by atoms with van der Waals surface area (Å²) in [7, 11) is 0. The Bertz CT molecular complexity index is 325. The van der Waals surface area contributed by atoms with Gasteiger partial charge in [0.05, 0.1) is 12.6 Å². The van der Waals surface area contributed by atoms with Crippen molar-refractivity contribution in [3.8, 4) is 0 Å². The average molecular weight is 304 g/mol. The quantitative estimate of drug-likeness (QED) is 0.833. The lowest BCUT2D eigenvalue weighted by molar-refractivity contribution is 0.103. The lowest BCUT2D eigenvalue weighted by Crippen LogP contribution is -2.39. The van der Waals surface area contributed by atoms with Crippen molar-refractivity contribution in [1.82, 2.24) is 5.32 Å². The summed E-state index contributed by atoms with van der Waals surface area (Å²) in [4.78, 5) is 0. The van der Waals surface area contributed by atoms with Gasteiger partial charge in [-0.05, 0) is 47.8 Å². The minimum atomic E-state index is 0.189. The van der Waals surface area contributed by atoms with Crippen LogP contribution in [-0.2, 0) is 4.74 Å². The molecule has 0 aliphatic rings. The molecule has 1 aromatic rings. The fourth-order valence-corrected chi connectivity index (χ4v) is 1.96. The topological polar surface area (TPSA) is 34.4 Å². The van der Waals surface area contributed by atoms with E-state index in [9.17, 15) is 0 Å². The number of nitrogens with one attached hydrogen (secondary N) is 1. The highest BCUT2D eigenvalue weighted by atomic mass is 79.9. The van der Waals surface area contributed by atoms with Crippen molar-refractivity contribution in [2.45, 2.75) is 39.8 Å². The van der Waals surface area contributed by atoms with E-state index in [1.165, 1.54) is 0 Å². The van der Waals surface area contributed by atoms with E-state index in [0.717, 1.165) is 23.6 Å². The van der Waals surface area contributed by atoms with Gasteiger partial charge in [-0.25, -0.2) is 0 Å². The number of hydrogen-bond acceptors (Lipinski definition) is 3. The molecule has 2 unspecified atom stereocenters. The van der Waals surface area contributed by atoms with Crippen LogP contribution < -0.4 is 5.32 Å². The van der Waals surface area contributed by atoms with Crippen molar-refractivity contribution in [3.05, 3.63) is 22.6 Å². The molecule has 2 atom stereocenters. The van der Waals surface area contributed by atoms with Crippen LogP contribution in [0.2, 0.25) is 0 Å². The van der Waals surface area contributed by atoms with Crippen LogP contribution in [-0.4, -0.2) is 19.3 Å². The predicted molar refractivity (Wildman–Crippen MR) is 73.1 cm³/mol. The number of rotatable bonds is 7. The van der Waals surface area contributed by atoms with Crippen molar-refractivity contribution in [1.29, 1.82) is 0 Å². The smallest absolute Gasteiger partial charge is 0.169 e. The Morgan fingerprint density at radius 3 is 2.53 bits per heavy atom. The first-order valence-corrected chi connectivity index (χ1v) is 6.93. The third-order valence-corrected chi connectivity index (χ3v) is 3.22. The standard InChI is InChI=1S/C13H22BrNO2/c1-5-16-8-11(9(2)3)15-10(4)12-6-7-13(14)17-12/h6-7,9-11,15H,5,8H2,1-4H3. The molecule has 0 aliphatic heterocycles. The maximum Gasteiger partial charge on any atom is 0.169 e. The molecule has 0 spiro atoms. The molecule has 0 radical (unpaired) electrons. The van der Waals surface area contributed by atoms with Gasteiger partial charge in [0.25, 0.3) is 0 Å². The molecular weight excluding hydrogens is 282 g/mol. The second-order valence-corrected chi connectivity index (χ2v) is 5.32. The predicted octanol–water partition coefficient (Wildman–Crippen LogP) is 3.75. The molecule has 0 fully saturated rings. The van der Waals surface area contributed by atoms with Gasteiger partial charge in [0, 0.05) is 12.6 Å². The molecule has 1 heterocycles. The van der Waals surface area contributed by atoms with E-state index in [0.29, 0.717) is 12.0 Å². The SMILES string of the molecule is CCOCC(NC(C)c1ccc(Br)o1)C(C)C. The minimum Gasteiger partial charge on any atom is -0.453 e. The van der Waals surface area contributed by atoms with Crippen LogP contribution in [0, 0.1) is 5.92 Å². The largest absolute Gasteiger partial charge is 0.453 e. The minimum absolute atomic E-state index is 0.189. The molecule has 1 N–H and O–H groups in total. The summed E-state index contributed by atoms with van der Waals surface area (Å²) in [5.41, 5.74) is 0. The monoisotopic (exact) mass is 303 g/mol. The highest BCUT2D eigenvalue weighted by Gasteiger charge is 2.18. The Morgan fingerprint density at radius 2 is 2.06 bits per heavy atom. The van der Waals surface area contributed by atoms with E-state index < -0.39 is 0 Å². The third kappa shape index (κ3) is 4.82. The Labute approximate surface area is 112 Å². The van der Waals surface area contributed by atoms with Gasteiger partial charge in [-0.2, -0.15) is 0 Å². The van der Waals surface area contributed by atoms with Crippen LogP contribution >= 0.6 is 15.9 Å². The number of furan rings is 1. The second-order valence-electron chi connectivity index (χ2n) is 4.54. The van der Waals surface area contributed by atoms with Gasteiger partial charge in [0.2, 0.25) is 0 Å². The zero-order valence-electron chi connectivity index (χ0n) is 11.0. The van der Waals surface area contributed by atoms with Gasteiger partial charge in [-0.15, -0.1) is 0 Å². The van der Waals surface area contributed by atoms with Crippen molar-refractivity contribution >= 4 is 15.9 Å². The number of ether oxygens (including phenoxy) is 1. The molecule has 0 saturated carbocycles. The lowest BCUT2D eigenvalue weighted by Gasteiger charge is -2.25. The van der Waals surface area contributed by atoms with Gasteiger partial charge in [-0.1, -0.05) is 13.8 Å². The summed E-state index contributed by atoms with van der Waals surface area (Å²) < 4.78 is 11.8. The van der Waals surface area contributed by atoms with Crippen LogP contribution in [0.25, 0.3) is 0 Å². The highest BCUT2D eigenvalue weighted by Crippen LogP contribution is 2.21. The molecule has 0 saturated heterocycles. The molecule has 1 rings (SSSR count). The summed E-state index contributed by atoms with van der Waals surface area (Å²) in [5, 5.41) is 3.54. The number of hydrogen-bond donors (Lipinski definition) is 1. The first kappa shape index (κ1) is 14.7. The number of halogens is 1. The highest BCUT2D eigenvalue weighted by molar-refractivity contribution is 9.10. The zero-order chi connectivity index (χ0) is 12.8. The molecule has 3 nitrogen and oxygen atoms in total. The summed E-state index contributed by atoms with van der Waals surface area (Å²) in [6.45, 7) is 10.0. The molecule has 0 amide bonds. The maximum absolute atomic E-state index is 5.54. The molecule has 0 aromatic carbocycles. The molecule has 0 bridgehead atoms. The van der Waals surface area contributed by atoms with Gasteiger partial charge in [0.15, 0.2) is 4.67 Å². The Morgan fingerprint density at radius 1 is 1.35 bits per heavy atom. The van der Waals surface area contributed by atoms with E-state index in [-0.39, 0.29) is 6.04 Å². The van der Waals surface area contributed by atoms with E-state index in [1.54, 1.807) is 0 Å². The summed E-state index contributed by atoms with van der Waals surface area (Å²) in [6, 6.07) is 4.43. The van der Waals surface area contributed by atoms with Crippen LogP contribution in [0.3, 0.4) is 0 Å². The van der Waals surface area contributed by atoms with Crippen LogP contribution in [0.5, 0.6) is 0 Å². The Balaban J connectivity index is 2.54. The van der Waals surface area contributed by atoms with E-state index in [1.807, 2.05) is 19.1 Å². The maximum atomic E-state index is 5.54. The Kier molecular flexibility index (Phi) is 6.23. The fraction of sp³-hybridized carbons (Fsp3) is 0.692. The first-order valence-electron chi connectivity index (χ1n) is 6.13. The third-order valence-electron chi connectivity index (χ3n) is 2.79. The van der Waals surface area contributed by atoms with Crippen molar-refractivity contribution in [2.75, 3.05) is 13.2 Å². The normalized spacial score (nSPS) is 15.2. The first-order chi connectivity index (χ1) is 8.04. The molecular formula is C13H22BrNO2. The average Bonchev–Trinajstić information content (AvgIpc) is 2.70. The zero-order valence-corrected chi connectivity index (χ0v) is 12.6. The van der Waals surface area contributed by atoms with E-state index in [2.05, 4.69) is 42.0 Å².